The van der Waals surface area contributed by atoms with Crippen LogP contribution < -0.4 is 10.1 Å². The minimum atomic E-state index is -3.48. The van der Waals surface area contributed by atoms with Gasteiger partial charge in [0.05, 0.1) is 17.0 Å². The van der Waals surface area contributed by atoms with Crippen molar-refractivity contribution in [3.8, 4) is 5.75 Å². The topological polar surface area (TPSA) is 119 Å². The smallest absolute Gasteiger partial charge is 0.407 e. The summed E-state index contributed by atoms with van der Waals surface area (Å²) >= 11 is 0. The molecule has 0 aliphatic rings. The Morgan fingerprint density at radius 1 is 1.13 bits per heavy atom. The highest BCUT2D eigenvalue weighted by Crippen LogP contribution is 2.19. The highest BCUT2D eigenvalue weighted by atomic mass is 32.2. The first-order valence-corrected chi connectivity index (χ1v) is 11.5. The molecule has 0 aliphatic heterocycles. The van der Waals surface area contributed by atoms with Gasteiger partial charge in [0.2, 0.25) is 0 Å². The van der Waals surface area contributed by atoms with Crippen molar-refractivity contribution in [1.82, 2.24) is 5.32 Å². The number of benzene rings is 1. The van der Waals surface area contributed by atoms with Crippen molar-refractivity contribution in [3.63, 3.8) is 0 Å². The Labute approximate surface area is 182 Å². The zero-order valence-corrected chi connectivity index (χ0v) is 18.8. The predicted octanol–water partition coefficient (Wildman–Crippen LogP) is 3.86. The van der Waals surface area contributed by atoms with Gasteiger partial charge in [-0.05, 0) is 57.9 Å². The largest absolute Gasteiger partial charge is 0.489 e. The number of alkyl carbamates (subject to hydrolysis) is 1. The van der Waals surface area contributed by atoms with E-state index in [1.807, 2.05) is 0 Å². The average molecular weight is 460 g/mol. The van der Waals surface area contributed by atoms with Crippen LogP contribution in [0.1, 0.15) is 46.5 Å². The van der Waals surface area contributed by atoms with E-state index < -0.39 is 27.5 Å². The maximum atomic E-state index is 13.0. The van der Waals surface area contributed by atoms with Gasteiger partial charge >= 0.3 is 12.1 Å². The lowest BCUT2D eigenvalue weighted by Crippen LogP contribution is -2.34. The molecule has 0 saturated heterocycles. The van der Waals surface area contributed by atoms with Crippen LogP contribution >= 0.6 is 0 Å². The van der Waals surface area contributed by atoms with Crippen molar-refractivity contribution in [2.75, 3.05) is 18.9 Å². The number of carbonyl (C=O) groups excluding carboxylic acids is 1. The second-order valence-electron chi connectivity index (χ2n) is 7.91. The number of carboxylic acid groups (broad SMARTS) is 1. The van der Waals surface area contributed by atoms with Crippen LogP contribution in [-0.4, -0.2) is 50.1 Å². The number of sulfone groups is 1. The van der Waals surface area contributed by atoms with E-state index in [2.05, 4.69) is 5.32 Å². The van der Waals surface area contributed by atoms with Crippen LogP contribution in [0, 0.1) is 0 Å². The van der Waals surface area contributed by atoms with Crippen molar-refractivity contribution in [1.29, 1.82) is 0 Å². The molecule has 10 heteroatoms. The molecule has 174 valence electrons. The number of rotatable bonds is 12. The number of ether oxygens (including phenoxy) is 2. The minimum Gasteiger partial charge on any atom is -0.489 e. The van der Waals surface area contributed by atoms with E-state index in [0.717, 1.165) is 0 Å². The standard InChI is InChI=1S/C21H30FNO7S/c1-21(2,3)30-20(26)23-14-16(13-22)15-29-17-8-10-18(11-9-17)31(27,28)12-6-4-5-7-19(24)25/h8-11,13H,4-7,12,14-15H2,1-3H3,(H,23,26)(H,24,25)/b16-13+. The normalized spacial score (nSPS) is 12.3. The summed E-state index contributed by atoms with van der Waals surface area (Å²) < 4.78 is 48.2. The lowest BCUT2D eigenvalue weighted by Gasteiger charge is -2.20. The van der Waals surface area contributed by atoms with Crippen LogP contribution in [0.2, 0.25) is 0 Å². The molecule has 0 bridgehead atoms. The van der Waals surface area contributed by atoms with Crippen molar-refractivity contribution < 1.29 is 37.0 Å². The Kier molecular flexibility index (Phi) is 10.5. The maximum Gasteiger partial charge on any atom is 0.407 e. The molecule has 1 amide bonds. The van der Waals surface area contributed by atoms with Gasteiger partial charge in [-0.1, -0.05) is 6.42 Å². The van der Waals surface area contributed by atoms with Crippen LogP contribution in [0.4, 0.5) is 9.18 Å². The molecule has 2 N–H and O–H groups in total. The van der Waals surface area contributed by atoms with E-state index >= 15 is 0 Å². The molecule has 0 aliphatic carbocycles. The zero-order valence-electron chi connectivity index (χ0n) is 18.0. The number of hydrogen-bond acceptors (Lipinski definition) is 6. The van der Waals surface area contributed by atoms with Crippen LogP contribution in [0.15, 0.2) is 41.1 Å². The third kappa shape index (κ3) is 11.4. The van der Waals surface area contributed by atoms with Crippen molar-refractivity contribution in [3.05, 3.63) is 36.2 Å². The molecule has 0 unspecified atom stereocenters. The summed E-state index contributed by atoms with van der Waals surface area (Å²) in [6, 6.07) is 5.74. The van der Waals surface area contributed by atoms with Crippen LogP contribution in [0.3, 0.4) is 0 Å². The Hall–Kier alpha value is -2.62. The third-order valence-corrected chi connectivity index (χ3v) is 5.74. The van der Waals surface area contributed by atoms with Gasteiger partial charge in [0.1, 0.15) is 18.0 Å². The van der Waals surface area contributed by atoms with E-state index in [9.17, 15) is 22.4 Å². The molecule has 8 nitrogen and oxygen atoms in total. The first kappa shape index (κ1) is 26.4. The Balaban J connectivity index is 2.50. The van der Waals surface area contributed by atoms with Crippen LogP contribution in [0.25, 0.3) is 0 Å². The second-order valence-corrected chi connectivity index (χ2v) is 10.0. The summed E-state index contributed by atoms with van der Waals surface area (Å²) in [5, 5.41) is 11.0. The number of carbonyl (C=O) groups is 2. The molecule has 1 aromatic carbocycles. The van der Waals surface area contributed by atoms with E-state index in [0.29, 0.717) is 31.3 Å². The summed E-state index contributed by atoms with van der Waals surface area (Å²) in [5.41, 5.74) is -0.496. The maximum absolute atomic E-state index is 13.0. The molecule has 0 fully saturated rings. The summed E-state index contributed by atoms with van der Waals surface area (Å²) in [6.45, 7) is 4.91. The molecular weight excluding hydrogens is 429 g/mol. The Morgan fingerprint density at radius 3 is 2.32 bits per heavy atom. The molecule has 1 aromatic rings. The monoisotopic (exact) mass is 459 g/mol. The summed E-state index contributed by atoms with van der Waals surface area (Å²) in [7, 11) is -3.48. The highest BCUT2D eigenvalue weighted by Gasteiger charge is 2.17. The van der Waals surface area contributed by atoms with E-state index in [1.165, 1.54) is 24.3 Å². The van der Waals surface area contributed by atoms with E-state index in [1.54, 1.807) is 20.8 Å². The SMILES string of the molecule is CC(C)(C)OC(=O)NC/C(=C\F)COc1ccc(S(=O)(=O)CCCCCC(=O)O)cc1. The number of amides is 1. The molecule has 0 radical (unpaired) electrons. The van der Waals surface area contributed by atoms with Gasteiger partial charge in [-0.3, -0.25) is 4.79 Å². The van der Waals surface area contributed by atoms with Gasteiger partial charge in [-0.2, -0.15) is 0 Å². The first-order valence-electron chi connectivity index (χ1n) is 9.85. The van der Waals surface area contributed by atoms with Gasteiger partial charge in [0, 0.05) is 18.5 Å². The molecule has 0 saturated carbocycles. The molecular formula is C21H30FNO7S. The lowest BCUT2D eigenvalue weighted by molar-refractivity contribution is -0.137. The van der Waals surface area contributed by atoms with Gasteiger partial charge in [0.25, 0.3) is 0 Å². The molecule has 0 atom stereocenters. The fraction of sp³-hybridized carbons (Fsp3) is 0.524. The number of nitrogens with one attached hydrogen (secondary N) is 1. The first-order chi connectivity index (χ1) is 14.4. The average Bonchev–Trinajstić information content (AvgIpc) is 2.66. The van der Waals surface area contributed by atoms with E-state index in [-0.39, 0.29) is 35.8 Å². The molecule has 1 rings (SSSR count). The lowest BCUT2D eigenvalue weighted by atomic mass is 10.2. The van der Waals surface area contributed by atoms with Crippen LogP contribution in [0.5, 0.6) is 5.75 Å². The van der Waals surface area contributed by atoms with Gasteiger partial charge < -0.3 is 19.9 Å². The van der Waals surface area contributed by atoms with Crippen molar-refractivity contribution in [2.24, 2.45) is 0 Å². The molecule has 31 heavy (non-hydrogen) atoms. The van der Waals surface area contributed by atoms with Gasteiger partial charge in [-0.15, -0.1) is 0 Å². The number of unbranched alkanes of at least 4 members (excludes halogenated alkanes) is 2. The number of carboxylic acids is 1. The Morgan fingerprint density at radius 2 is 1.77 bits per heavy atom. The molecule has 0 aromatic heterocycles. The van der Waals surface area contributed by atoms with Gasteiger partial charge in [0.15, 0.2) is 9.84 Å². The summed E-state index contributed by atoms with van der Waals surface area (Å²) in [4.78, 5) is 22.2. The molecule has 0 spiro atoms. The fourth-order valence-electron chi connectivity index (χ4n) is 2.40. The number of hydrogen-bond donors (Lipinski definition) is 2. The highest BCUT2D eigenvalue weighted by molar-refractivity contribution is 7.91. The third-order valence-electron chi connectivity index (χ3n) is 3.92. The summed E-state index contributed by atoms with van der Waals surface area (Å²) in [6.07, 6.45) is 1.01. The zero-order chi connectivity index (χ0) is 23.5. The number of halogens is 1. The fourth-order valence-corrected chi connectivity index (χ4v) is 3.77. The minimum absolute atomic E-state index is 0.0225. The summed E-state index contributed by atoms with van der Waals surface area (Å²) in [5.74, 6) is -0.625. The predicted molar refractivity (Wildman–Crippen MR) is 114 cm³/mol. The molecule has 0 heterocycles. The quantitative estimate of drug-likeness (QED) is 0.456. The Bertz CT molecular complexity index is 859. The van der Waals surface area contributed by atoms with Crippen LogP contribution in [-0.2, 0) is 19.4 Å². The van der Waals surface area contributed by atoms with Crippen molar-refractivity contribution in [2.45, 2.75) is 57.0 Å². The van der Waals surface area contributed by atoms with Crippen molar-refractivity contribution >= 4 is 21.9 Å². The number of aliphatic carboxylic acids is 1. The van der Waals surface area contributed by atoms with E-state index in [4.69, 9.17) is 14.6 Å². The second kappa shape index (κ2) is 12.3. The van der Waals surface area contributed by atoms with Gasteiger partial charge in [-0.25, -0.2) is 17.6 Å².